The van der Waals surface area contributed by atoms with E-state index in [4.69, 9.17) is 14.9 Å². The molecule has 0 aliphatic heterocycles. The average Bonchev–Trinajstić information content (AvgIpc) is 3.16. The summed E-state index contributed by atoms with van der Waals surface area (Å²) < 4.78 is 12.3. The molecule has 5 heteroatoms. The number of furan rings is 1. The second kappa shape index (κ2) is 11.2. The van der Waals surface area contributed by atoms with Crippen LogP contribution in [0.25, 0.3) is 11.0 Å². The van der Waals surface area contributed by atoms with Gasteiger partial charge in [0.05, 0.1) is 17.7 Å². The lowest BCUT2D eigenvalue weighted by atomic mass is 10.1. The van der Waals surface area contributed by atoms with Crippen molar-refractivity contribution in [2.24, 2.45) is 5.73 Å². The minimum Gasteiger partial charge on any atom is -0.493 e. The molecular weight excluding hydrogens is 416 g/mol. The van der Waals surface area contributed by atoms with E-state index in [2.05, 4.69) is 42.2 Å². The van der Waals surface area contributed by atoms with Crippen LogP contribution < -0.4 is 10.5 Å². The number of ether oxygens (including phenoxy) is 1. The van der Waals surface area contributed by atoms with Crippen molar-refractivity contribution in [3.8, 4) is 5.75 Å². The summed E-state index contributed by atoms with van der Waals surface area (Å²) in [6.45, 7) is 2.75. The van der Waals surface area contributed by atoms with E-state index in [1.165, 1.54) is 11.1 Å². The molecule has 0 aliphatic carbocycles. The number of fused-ring (bicyclic) bond motifs is 1. The zero-order valence-electron chi connectivity index (χ0n) is 18.5. The van der Waals surface area contributed by atoms with Crippen LogP contribution in [-0.2, 0) is 12.2 Å². The Hall–Kier alpha value is -2.76. The number of hydrogen-bond acceptors (Lipinski definition) is 5. The third kappa shape index (κ3) is 5.72. The summed E-state index contributed by atoms with van der Waals surface area (Å²) >= 11 is 1.91. The van der Waals surface area contributed by atoms with E-state index >= 15 is 0 Å². The summed E-state index contributed by atoms with van der Waals surface area (Å²) in [5.74, 6) is 3.86. The highest BCUT2D eigenvalue weighted by molar-refractivity contribution is 7.98. The molecule has 2 aromatic heterocycles. The number of pyridine rings is 1. The SMILES string of the molecule is Cc1c(CSCCc2ccccc2)oc2cccc(OCCCC(N)c3cccnc3)c12. The molecule has 0 aliphatic rings. The summed E-state index contributed by atoms with van der Waals surface area (Å²) in [5.41, 5.74) is 10.8. The molecule has 1 atom stereocenters. The summed E-state index contributed by atoms with van der Waals surface area (Å²) in [6.07, 6.45) is 6.41. The van der Waals surface area contributed by atoms with Gasteiger partial charge in [0.1, 0.15) is 17.1 Å². The molecule has 2 N–H and O–H groups in total. The van der Waals surface area contributed by atoms with Crippen LogP contribution in [0.2, 0.25) is 0 Å². The Labute approximate surface area is 194 Å². The van der Waals surface area contributed by atoms with E-state index in [1.807, 2.05) is 48.3 Å². The molecule has 0 amide bonds. The van der Waals surface area contributed by atoms with Crippen molar-refractivity contribution < 1.29 is 9.15 Å². The minimum atomic E-state index is -0.0155. The van der Waals surface area contributed by atoms with Crippen molar-refractivity contribution in [2.75, 3.05) is 12.4 Å². The van der Waals surface area contributed by atoms with E-state index in [0.29, 0.717) is 6.61 Å². The number of nitrogens with zero attached hydrogens (tertiary/aromatic N) is 1. The molecule has 0 spiro atoms. The summed E-state index contributed by atoms with van der Waals surface area (Å²) in [6, 6.07) is 20.6. The zero-order chi connectivity index (χ0) is 22.2. The van der Waals surface area contributed by atoms with Crippen LogP contribution in [-0.4, -0.2) is 17.3 Å². The Kier molecular flexibility index (Phi) is 7.86. The van der Waals surface area contributed by atoms with Gasteiger partial charge in [0.2, 0.25) is 0 Å². The fourth-order valence-electron chi connectivity index (χ4n) is 3.82. The lowest BCUT2D eigenvalue weighted by molar-refractivity contribution is 0.305. The second-order valence-electron chi connectivity index (χ2n) is 7.95. The lowest BCUT2D eigenvalue weighted by Crippen LogP contribution is -2.12. The van der Waals surface area contributed by atoms with E-state index in [9.17, 15) is 0 Å². The number of nitrogens with two attached hydrogens (primary N) is 1. The van der Waals surface area contributed by atoms with Gasteiger partial charge in [0.15, 0.2) is 0 Å². The first kappa shape index (κ1) is 22.4. The average molecular weight is 447 g/mol. The molecule has 0 radical (unpaired) electrons. The molecular formula is C27H30N2O2S. The van der Waals surface area contributed by atoms with Gasteiger partial charge in [-0.15, -0.1) is 0 Å². The Bertz CT molecular complexity index is 1110. The van der Waals surface area contributed by atoms with Crippen LogP contribution in [0.1, 0.15) is 41.3 Å². The molecule has 4 rings (SSSR count). The van der Waals surface area contributed by atoms with Crippen LogP contribution >= 0.6 is 11.8 Å². The maximum absolute atomic E-state index is 6.27. The third-order valence-electron chi connectivity index (χ3n) is 5.66. The summed E-state index contributed by atoms with van der Waals surface area (Å²) in [4.78, 5) is 4.15. The van der Waals surface area contributed by atoms with Crippen molar-refractivity contribution in [3.05, 3.63) is 95.5 Å². The number of thioether (sulfide) groups is 1. The first-order valence-corrected chi connectivity index (χ1v) is 12.3. The molecule has 0 bridgehead atoms. The second-order valence-corrected chi connectivity index (χ2v) is 9.06. The van der Waals surface area contributed by atoms with Crippen molar-refractivity contribution in [3.63, 3.8) is 0 Å². The zero-order valence-corrected chi connectivity index (χ0v) is 19.3. The predicted molar refractivity (Wildman–Crippen MR) is 133 cm³/mol. The molecule has 0 saturated carbocycles. The Morgan fingerprint density at radius 3 is 2.75 bits per heavy atom. The molecule has 2 heterocycles. The lowest BCUT2D eigenvalue weighted by Gasteiger charge is -2.12. The fraction of sp³-hybridized carbons (Fsp3) is 0.296. The van der Waals surface area contributed by atoms with Crippen molar-refractivity contribution in [1.82, 2.24) is 4.98 Å². The quantitative estimate of drug-likeness (QED) is 0.268. The summed E-state index contributed by atoms with van der Waals surface area (Å²) in [5, 5.41) is 1.09. The standard InChI is InChI=1S/C27H30N2O2S/c1-20-26(19-32-17-14-21-8-3-2-4-9-21)31-25-13-5-12-24(27(20)25)30-16-7-11-23(28)22-10-6-15-29-18-22/h2-6,8-10,12-13,15,18,23H,7,11,14,16-17,19,28H2,1H3. The number of aryl methyl sites for hydroxylation is 2. The van der Waals surface area contributed by atoms with E-state index in [1.54, 1.807) is 6.20 Å². The highest BCUT2D eigenvalue weighted by Gasteiger charge is 2.15. The highest BCUT2D eigenvalue weighted by atomic mass is 32.2. The Balaban J connectivity index is 1.31. The van der Waals surface area contributed by atoms with E-state index in [0.717, 1.165) is 58.8 Å². The van der Waals surface area contributed by atoms with Gasteiger partial charge in [-0.2, -0.15) is 11.8 Å². The topological polar surface area (TPSA) is 61.3 Å². The van der Waals surface area contributed by atoms with Gasteiger partial charge in [-0.1, -0.05) is 42.5 Å². The van der Waals surface area contributed by atoms with Gasteiger partial charge >= 0.3 is 0 Å². The first-order chi connectivity index (χ1) is 15.7. The number of benzene rings is 2. The van der Waals surface area contributed by atoms with Gasteiger partial charge in [-0.05, 0) is 61.3 Å². The van der Waals surface area contributed by atoms with Crippen LogP contribution in [0.5, 0.6) is 5.75 Å². The maximum Gasteiger partial charge on any atom is 0.138 e. The number of aromatic nitrogens is 1. The van der Waals surface area contributed by atoms with Crippen molar-refractivity contribution in [1.29, 1.82) is 0 Å². The van der Waals surface area contributed by atoms with Crippen molar-refractivity contribution >= 4 is 22.7 Å². The van der Waals surface area contributed by atoms with Gasteiger partial charge in [-0.25, -0.2) is 0 Å². The van der Waals surface area contributed by atoms with Crippen LogP contribution in [0.4, 0.5) is 0 Å². The van der Waals surface area contributed by atoms with Gasteiger partial charge < -0.3 is 14.9 Å². The highest BCUT2D eigenvalue weighted by Crippen LogP contribution is 2.35. The smallest absolute Gasteiger partial charge is 0.138 e. The van der Waals surface area contributed by atoms with Crippen LogP contribution in [0.15, 0.2) is 77.5 Å². The fourth-order valence-corrected chi connectivity index (χ4v) is 4.80. The normalized spacial score (nSPS) is 12.2. The first-order valence-electron chi connectivity index (χ1n) is 11.1. The van der Waals surface area contributed by atoms with Crippen LogP contribution in [0, 0.1) is 6.92 Å². The van der Waals surface area contributed by atoms with Gasteiger partial charge in [0, 0.05) is 24.0 Å². The van der Waals surface area contributed by atoms with Gasteiger partial charge in [0.25, 0.3) is 0 Å². The Morgan fingerprint density at radius 2 is 1.94 bits per heavy atom. The molecule has 166 valence electrons. The Morgan fingerprint density at radius 1 is 1.06 bits per heavy atom. The molecule has 0 fully saturated rings. The van der Waals surface area contributed by atoms with Crippen LogP contribution in [0.3, 0.4) is 0 Å². The van der Waals surface area contributed by atoms with E-state index in [-0.39, 0.29) is 6.04 Å². The summed E-state index contributed by atoms with van der Waals surface area (Å²) in [7, 11) is 0. The molecule has 32 heavy (non-hydrogen) atoms. The molecule has 2 aromatic carbocycles. The third-order valence-corrected chi connectivity index (χ3v) is 6.61. The molecule has 4 aromatic rings. The predicted octanol–water partition coefficient (Wildman–Crippen LogP) is 6.47. The molecule has 0 saturated heterocycles. The van der Waals surface area contributed by atoms with E-state index < -0.39 is 0 Å². The van der Waals surface area contributed by atoms with Crippen molar-refractivity contribution in [2.45, 2.75) is 38.0 Å². The maximum atomic E-state index is 6.27. The number of hydrogen-bond donors (Lipinski definition) is 1. The number of rotatable bonds is 11. The molecule has 4 nitrogen and oxygen atoms in total. The monoisotopic (exact) mass is 446 g/mol. The van der Waals surface area contributed by atoms with Gasteiger partial charge in [-0.3, -0.25) is 4.98 Å². The minimum absolute atomic E-state index is 0.0155. The largest absolute Gasteiger partial charge is 0.493 e. The molecule has 1 unspecified atom stereocenters.